The summed E-state index contributed by atoms with van der Waals surface area (Å²) in [4.78, 5) is 13.6. The Morgan fingerprint density at radius 1 is 1.67 bits per heavy atom. The van der Waals surface area contributed by atoms with Crippen molar-refractivity contribution in [3.8, 4) is 0 Å². The highest BCUT2D eigenvalue weighted by molar-refractivity contribution is 5.82. The minimum atomic E-state index is -0.489. The first-order valence-corrected chi connectivity index (χ1v) is 5.32. The van der Waals surface area contributed by atoms with Crippen LogP contribution in [0.4, 0.5) is 0 Å². The Labute approximate surface area is 90.2 Å². The number of nitrogens with zero attached hydrogens (tertiary/aromatic N) is 1. The molecule has 0 saturated carbocycles. The lowest BCUT2D eigenvalue weighted by Crippen LogP contribution is -2.56. The molecular formula is C10H20N2O3. The summed E-state index contributed by atoms with van der Waals surface area (Å²) in [6, 6.07) is -0.729. The summed E-state index contributed by atoms with van der Waals surface area (Å²) >= 11 is 0. The number of nitrogens with two attached hydrogens (primary N) is 1. The Hall–Kier alpha value is -0.650. The van der Waals surface area contributed by atoms with Crippen LogP contribution in [0.1, 0.15) is 13.8 Å². The van der Waals surface area contributed by atoms with Gasteiger partial charge in [0, 0.05) is 6.54 Å². The standard InChI is InChI=1S/C10H20N2O3/c1-7(2)9(11)10(14)12-3-4-15-6-8(12)5-13/h7-9,13H,3-6,11H2,1-2H3. The number of aliphatic hydroxyl groups is 1. The average Bonchev–Trinajstić information content (AvgIpc) is 2.26. The minimum absolute atomic E-state index is 0.0729. The highest BCUT2D eigenvalue weighted by atomic mass is 16.5. The Kier molecular flexibility index (Phi) is 4.50. The number of hydrogen-bond donors (Lipinski definition) is 2. The van der Waals surface area contributed by atoms with E-state index in [4.69, 9.17) is 15.6 Å². The third-order valence-electron chi connectivity index (χ3n) is 2.72. The van der Waals surface area contributed by atoms with E-state index in [0.717, 1.165) is 0 Å². The van der Waals surface area contributed by atoms with Gasteiger partial charge in [0.15, 0.2) is 0 Å². The Balaban J connectivity index is 2.63. The smallest absolute Gasteiger partial charge is 0.240 e. The largest absolute Gasteiger partial charge is 0.394 e. The molecule has 1 amide bonds. The van der Waals surface area contributed by atoms with E-state index < -0.39 is 6.04 Å². The molecule has 5 nitrogen and oxygen atoms in total. The molecule has 1 aliphatic heterocycles. The molecule has 2 atom stereocenters. The highest BCUT2D eigenvalue weighted by Gasteiger charge is 2.30. The van der Waals surface area contributed by atoms with Gasteiger partial charge in [-0.3, -0.25) is 4.79 Å². The van der Waals surface area contributed by atoms with Gasteiger partial charge in [-0.2, -0.15) is 0 Å². The quantitative estimate of drug-likeness (QED) is 0.647. The van der Waals surface area contributed by atoms with Crippen LogP contribution in [-0.4, -0.2) is 54.4 Å². The number of amides is 1. The van der Waals surface area contributed by atoms with Crippen molar-refractivity contribution in [2.45, 2.75) is 25.9 Å². The fourth-order valence-electron chi connectivity index (χ4n) is 1.57. The van der Waals surface area contributed by atoms with Gasteiger partial charge >= 0.3 is 0 Å². The van der Waals surface area contributed by atoms with Crippen molar-refractivity contribution in [3.63, 3.8) is 0 Å². The number of carbonyl (C=O) groups is 1. The number of hydrogen-bond acceptors (Lipinski definition) is 4. The Morgan fingerprint density at radius 2 is 2.33 bits per heavy atom. The van der Waals surface area contributed by atoms with Crippen molar-refractivity contribution < 1.29 is 14.6 Å². The molecule has 88 valence electrons. The summed E-state index contributed by atoms with van der Waals surface area (Å²) in [7, 11) is 0. The SMILES string of the molecule is CC(C)C(N)C(=O)N1CCOCC1CO. The molecule has 0 spiro atoms. The zero-order valence-electron chi connectivity index (χ0n) is 9.35. The van der Waals surface area contributed by atoms with Crippen molar-refractivity contribution in [1.82, 2.24) is 4.90 Å². The predicted molar refractivity (Wildman–Crippen MR) is 56.2 cm³/mol. The summed E-state index contributed by atoms with van der Waals surface area (Å²) in [6.45, 7) is 5.19. The first kappa shape index (κ1) is 12.4. The minimum Gasteiger partial charge on any atom is -0.394 e. The maximum absolute atomic E-state index is 11.9. The van der Waals surface area contributed by atoms with Crippen LogP contribution in [0.15, 0.2) is 0 Å². The maximum atomic E-state index is 11.9. The van der Waals surface area contributed by atoms with Gasteiger partial charge in [0.2, 0.25) is 5.91 Å². The van der Waals surface area contributed by atoms with E-state index in [1.165, 1.54) is 0 Å². The number of aliphatic hydroxyl groups excluding tert-OH is 1. The van der Waals surface area contributed by atoms with Gasteiger partial charge in [0.25, 0.3) is 0 Å². The monoisotopic (exact) mass is 216 g/mol. The number of carbonyl (C=O) groups excluding carboxylic acids is 1. The summed E-state index contributed by atoms with van der Waals surface area (Å²) in [5.41, 5.74) is 5.79. The van der Waals surface area contributed by atoms with Crippen molar-refractivity contribution in [3.05, 3.63) is 0 Å². The molecule has 1 heterocycles. The van der Waals surface area contributed by atoms with E-state index in [1.807, 2.05) is 13.8 Å². The van der Waals surface area contributed by atoms with Crippen LogP contribution in [-0.2, 0) is 9.53 Å². The molecular weight excluding hydrogens is 196 g/mol. The molecule has 2 unspecified atom stereocenters. The van der Waals surface area contributed by atoms with Gasteiger partial charge in [0.1, 0.15) is 0 Å². The summed E-state index contributed by atoms with van der Waals surface area (Å²) in [5, 5.41) is 9.12. The Morgan fingerprint density at radius 3 is 2.87 bits per heavy atom. The molecule has 0 aromatic rings. The van der Waals surface area contributed by atoms with Crippen LogP contribution in [0.3, 0.4) is 0 Å². The van der Waals surface area contributed by atoms with Crippen molar-refractivity contribution >= 4 is 5.91 Å². The molecule has 5 heteroatoms. The van der Waals surface area contributed by atoms with Gasteiger partial charge in [-0.05, 0) is 5.92 Å². The average molecular weight is 216 g/mol. The molecule has 0 radical (unpaired) electrons. The molecule has 1 rings (SSSR count). The van der Waals surface area contributed by atoms with Crippen LogP contribution in [0.5, 0.6) is 0 Å². The lowest BCUT2D eigenvalue weighted by molar-refractivity contribution is -0.144. The molecule has 3 N–H and O–H groups in total. The summed E-state index contributed by atoms with van der Waals surface area (Å²) in [5.74, 6) is 0.0204. The lowest BCUT2D eigenvalue weighted by atomic mass is 10.0. The van der Waals surface area contributed by atoms with E-state index in [1.54, 1.807) is 4.90 Å². The second-order valence-electron chi connectivity index (χ2n) is 4.21. The third kappa shape index (κ3) is 2.90. The number of ether oxygens (including phenoxy) is 1. The summed E-state index contributed by atoms with van der Waals surface area (Å²) < 4.78 is 5.20. The van der Waals surface area contributed by atoms with Crippen molar-refractivity contribution in [2.24, 2.45) is 11.7 Å². The molecule has 0 aliphatic carbocycles. The van der Waals surface area contributed by atoms with E-state index >= 15 is 0 Å². The van der Waals surface area contributed by atoms with Gasteiger partial charge in [-0.15, -0.1) is 0 Å². The van der Waals surface area contributed by atoms with E-state index in [2.05, 4.69) is 0 Å². The van der Waals surface area contributed by atoms with Gasteiger partial charge in [-0.25, -0.2) is 0 Å². The molecule has 15 heavy (non-hydrogen) atoms. The normalized spacial score (nSPS) is 24.3. The fourth-order valence-corrected chi connectivity index (χ4v) is 1.57. The number of rotatable bonds is 3. The van der Waals surface area contributed by atoms with E-state index in [9.17, 15) is 4.79 Å². The first-order chi connectivity index (χ1) is 7.07. The lowest BCUT2D eigenvalue weighted by Gasteiger charge is -2.36. The molecule has 1 aliphatic rings. The van der Waals surface area contributed by atoms with Crippen LogP contribution in [0.2, 0.25) is 0 Å². The molecule has 1 fully saturated rings. The van der Waals surface area contributed by atoms with E-state index in [-0.39, 0.29) is 24.5 Å². The van der Waals surface area contributed by atoms with Crippen LogP contribution in [0.25, 0.3) is 0 Å². The fraction of sp³-hybridized carbons (Fsp3) is 0.900. The van der Waals surface area contributed by atoms with Gasteiger partial charge in [-0.1, -0.05) is 13.8 Å². The van der Waals surface area contributed by atoms with E-state index in [0.29, 0.717) is 19.8 Å². The predicted octanol–water partition coefficient (Wildman–Crippen LogP) is -0.811. The highest BCUT2D eigenvalue weighted by Crippen LogP contribution is 2.11. The second kappa shape index (κ2) is 5.44. The third-order valence-corrected chi connectivity index (χ3v) is 2.72. The number of morpholine rings is 1. The summed E-state index contributed by atoms with van der Waals surface area (Å²) in [6.07, 6.45) is 0. The molecule has 0 bridgehead atoms. The Bertz CT molecular complexity index is 221. The first-order valence-electron chi connectivity index (χ1n) is 5.32. The topological polar surface area (TPSA) is 75.8 Å². The second-order valence-corrected chi connectivity index (χ2v) is 4.21. The van der Waals surface area contributed by atoms with Gasteiger partial charge in [0.05, 0.1) is 31.9 Å². The van der Waals surface area contributed by atoms with Gasteiger partial charge < -0.3 is 20.5 Å². The molecule has 1 saturated heterocycles. The van der Waals surface area contributed by atoms with Crippen molar-refractivity contribution in [2.75, 3.05) is 26.4 Å². The van der Waals surface area contributed by atoms with Crippen LogP contribution < -0.4 is 5.73 Å². The molecule has 0 aromatic carbocycles. The van der Waals surface area contributed by atoms with Crippen molar-refractivity contribution in [1.29, 1.82) is 0 Å². The maximum Gasteiger partial charge on any atom is 0.240 e. The van der Waals surface area contributed by atoms with Crippen LogP contribution in [0, 0.1) is 5.92 Å². The zero-order valence-corrected chi connectivity index (χ0v) is 9.35. The van der Waals surface area contributed by atoms with Crippen LogP contribution >= 0.6 is 0 Å². The molecule has 0 aromatic heterocycles. The zero-order chi connectivity index (χ0) is 11.4.